The number of aliphatic hydroxyl groups is 1. The highest BCUT2D eigenvalue weighted by atomic mass is 16.5. The zero-order valence-electron chi connectivity index (χ0n) is 12.6. The van der Waals surface area contributed by atoms with Crippen molar-refractivity contribution in [3.8, 4) is 0 Å². The molecule has 1 fully saturated rings. The number of carbonyl (C=O) groups is 1. The Kier molecular flexibility index (Phi) is 5.43. The van der Waals surface area contributed by atoms with Gasteiger partial charge in [0, 0.05) is 32.2 Å². The number of hydrogen-bond donors (Lipinski definition) is 1. The lowest BCUT2D eigenvalue weighted by Crippen LogP contribution is -2.53. The number of nitrogens with zero attached hydrogens (tertiary/aromatic N) is 2. The standard InChI is InChI=1S/C15H26N2O3/c1-3-13(11-18)16-6-8-17(9-7-16)15(19)14-5-4-10-20-12(14)2/h13,18H,3-11H2,1-2H3. The Balaban J connectivity index is 1.92. The maximum absolute atomic E-state index is 12.5. The number of amides is 1. The van der Waals surface area contributed by atoms with Gasteiger partial charge in [0.25, 0.3) is 5.91 Å². The van der Waals surface area contributed by atoms with Gasteiger partial charge in [0.1, 0.15) is 5.76 Å². The molecular weight excluding hydrogens is 256 g/mol. The second kappa shape index (κ2) is 7.09. The molecule has 0 aromatic heterocycles. The van der Waals surface area contributed by atoms with E-state index in [4.69, 9.17) is 4.74 Å². The number of rotatable bonds is 4. The van der Waals surface area contributed by atoms with Crippen LogP contribution < -0.4 is 0 Å². The third kappa shape index (κ3) is 3.33. The van der Waals surface area contributed by atoms with E-state index in [1.165, 1.54) is 0 Å². The first-order chi connectivity index (χ1) is 9.67. The Bertz CT molecular complexity index is 369. The van der Waals surface area contributed by atoms with Crippen LogP contribution in [0.15, 0.2) is 11.3 Å². The van der Waals surface area contributed by atoms with E-state index in [0.717, 1.165) is 63.4 Å². The first-order valence-electron chi connectivity index (χ1n) is 7.64. The van der Waals surface area contributed by atoms with Crippen molar-refractivity contribution in [3.05, 3.63) is 11.3 Å². The Hall–Kier alpha value is -1.07. The minimum atomic E-state index is 0.138. The number of aliphatic hydroxyl groups excluding tert-OH is 1. The van der Waals surface area contributed by atoms with Gasteiger partial charge >= 0.3 is 0 Å². The fourth-order valence-electron chi connectivity index (χ4n) is 2.98. The van der Waals surface area contributed by atoms with Crippen molar-refractivity contribution >= 4 is 5.91 Å². The van der Waals surface area contributed by atoms with Crippen molar-refractivity contribution < 1.29 is 14.6 Å². The van der Waals surface area contributed by atoms with Gasteiger partial charge in [0.2, 0.25) is 0 Å². The molecule has 5 heteroatoms. The lowest BCUT2D eigenvalue weighted by Gasteiger charge is -2.39. The first-order valence-corrected chi connectivity index (χ1v) is 7.64. The van der Waals surface area contributed by atoms with Gasteiger partial charge < -0.3 is 14.7 Å². The van der Waals surface area contributed by atoms with E-state index < -0.39 is 0 Å². The summed E-state index contributed by atoms with van der Waals surface area (Å²) in [7, 11) is 0. The molecule has 2 aliphatic heterocycles. The summed E-state index contributed by atoms with van der Waals surface area (Å²) in [6, 6.07) is 0.228. The largest absolute Gasteiger partial charge is 0.498 e. The Morgan fingerprint density at radius 1 is 1.35 bits per heavy atom. The molecule has 20 heavy (non-hydrogen) atoms. The Morgan fingerprint density at radius 3 is 2.60 bits per heavy atom. The number of hydrogen-bond acceptors (Lipinski definition) is 4. The summed E-state index contributed by atoms with van der Waals surface area (Å²) in [6.07, 6.45) is 2.71. The smallest absolute Gasteiger partial charge is 0.253 e. The molecule has 0 aromatic rings. The normalized spacial score (nSPS) is 22.6. The zero-order chi connectivity index (χ0) is 14.5. The second-order valence-corrected chi connectivity index (χ2v) is 5.56. The molecule has 0 spiro atoms. The predicted molar refractivity (Wildman–Crippen MR) is 77.2 cm³/mol. The average molecular weight is 282 g/mol. The van der Waals surface area contributed by atoms with Crippen molar-refractivity contribution in [2.45, 2.75) is 39.2 Å². The van der Waals surface area contributed by atoms with Crippen molar-refractivity contribution in [1.29, 1.82) is 0 Å². The molecule has 0 saturated carbocycles. The minimum absolute atomic E-state index is 0.138. The zero-order valence-corrected chi connectivity index (χ0v) is 12.6. The molecule has 5 nitrogen and oxygen atoms in total. The number of carbonyl (C=O) groups excluding carboxylic acids is 1. The fourth-order valence-corrected chi connectivity index (χ4v) is 2.98. The van der Waals surface area contributed by atoms with Crippen molar-refractivity contribution in [1.82, 2.24) is 9.80 Å². The summed E-state index contributed by atoms with van der Waals surface area (Å²) in [4.78, 5) is 16.7. The van der Waals surface area contributed by atoms with Gasteiger partial charge in [-0.05, 0) is 26.2 Å². The summed E-state index contributed by atoms with van der Waals surface area (Å²) in [5.74, 6) is 0.935. The molecule has 2 aliphatic rings. The quantitative estimate of drug-likeness (QED) is 0.835. The maximum Gasteiger partial charge on any atom is 0.253 e. The van der Waals surface area contributed by atoms with E-state index in [-0.39, 0.29) is 18.6 Å². The molecule has 1 amide bonds. The second-order valence-electron chi connectivity index (χ2n) is 5.56. The van der Waals surface area contributed by atoms with Gasteiger partial charge in [0.05, 0.1) is 18.8 Å². The van der Waals surface area contributed by atoms with E-state index >= 15 is 0 Å². The lowest BCUT2D eigenvalue weighted by molar-refractivity contribution is -0.130. The van der Waals surface area contributed by atoms with Crippen LogP contribution in [0.25, 0.3) is 0 Å². The summed E-state index contributed by atoms with van der Waals surface area (Å²) < 4.78 is 5.49. The highest BCUT2D eigenvalue weighted by Gasteiger charge is 2.28. The van der Waals surface area contributed by atoms with E-state index in [1.54, 1.807) is 0 Å². The van der Waals surface area contributed by atoms with Crippen molar-refractivity contribution in [2.75, 3.05) is 39.4 Å². The SMILES string of the molecule is CCC(CO)N1CCN(C(=O)C2=C(C)OCCC2)CC1. The summed E-state index contributed by atoms with van der Waals surface area (Å²) in [5.41, 5.74) is 0.846. The van der Waals surface area contributed by atoms with Crippen LogP contribution in [0.4, 0.5) is 0 Å². The van der Waals surface area contributed by atoms with Gasteiger partial charge in [-0.2, -0.15) is 0 Å². The third-order valence-electron chi connectivity index (χ3n) is 4.37. The number of ether oxygens (including phenoxy) is 1. The van der Waals surface area contributed by atoms with Crippen LogP contribution in [0, 0.1) is 0 Å². The van der Waals surface area contributed by atoms with Crippen LogP contribution in [0.1, 0.15) is 33.1 Å². The minimum Gasteiger partial charge on any atom is -0.498 e. The van der Waals surface area contributed by atoms with Gasteiger partial charge in [-0.15, -0.1) is 0 Å². The third-order valence-corrected chi connectivity index (χ3v) is 4.37. The molecule has 1 saturated heterocycles. The molecule has 2 rings (SSSR count). The monoisotopic (exact) mass is 282 g/mol. The Morgan fingerprint density at radius 2 is 2.05 bits per heavy atom. The van der Waals surface area contributed by atoms with Gasteiger partial charge in [-0.1, -0.05) is 6.92 Å². The fraction of sp³-hybridized carbons (Fsp3) is 0.800. The molecule has 0 aliphatic carbocycles. The summed E-state index contributed by atoms with van der Waals surface area (Å²) in [6.45, 7) is 8.08. The van der Waals surface area contributed by atoms with E-state index in [1.807, 2.05) is 11.8 Å². The van der Waals surface area contributed by atoms with Crippen LogP contribution in [-0.4, -0.2) is 66.2 Å². The van der Waals surface area contributed by atoms with Gasteiger partial charge in [-0.25, -0.2) is 0 Å². The van der Waals surface area contributed by atoms with Gasteiger partial charge in [0.15, 0.2) is 0 Å². The van der Waals surface area contributed by atoms with Crippen LogP contribution >= 0.6 is 0 Å². The van der Waals surface area contributed by atoms with E-state index in [9.17, 15) is 9.90 Å². The van der Waals surface area contributed by atoms with Crippen LogP contribution in [0.3, 0.4) is 0 Å². The average Bonchev–Trinajstić information content (AvgIpc) is 2.49. The first kappa shape index (κ1) is 15.3. The number of piperazine rings is 1. The van der Waals surface area contributed by atoms with Crippen LogP contribution in [-0.2, 0) is 9.53 Å². The maximum atomic E-state index is 12.5. The highest BCUT2D eigenvalue weighted by Crippen LogP contribution is 2.21. The molecule has 0 radical (unpaired) electrons. The van der Waals surface area contributed by atoms with E-state index in [2.05, 4.69) is 11.8 Å². The van der Waals surface area contributed by atoms with Crippen LogP contribution in [0.2, 0.25) is 0 Å². The molecule has 114 valence electrons. The molecule has 0 bridgehead atoms. The highest BCUT2D eigenvalue weighted by molar-refractivity contribution is 5.94. The molecule has 1 unspecified atom stereocenters. The molecule has 2 heterocycles. The van der Waals surface area contributed by atoms with Gasteiger partial charge in [-0.3, -0.25) is 9.69 Å². The van der Waals surface area contributed by atoms with Crippen LogP contribution in [0.5, 0.6) is 0 Å². The predicted octanol–water partition coefficient (Wildman–Crippen LogP) is 0.986. The topological polar surface area (TPSA) is 53.0 Å². The molecule has 1 N–H and O–H groups in total. The molecule has 0 aromatic carbocycles. The molecule has 1 atom stereocenters. The molecular formula is C15H26N2O3. The summed E-state index contributed by atoms with van der Waals surface area (Å²) >= 11 is 0. The Labute approximate surface area is 121 Å². The lowest BCUT2D eigenvalue weighted by atomic mass is 10.0. The van der Waals surface area contributed by atoms with Crippen molar-refractivity contribution in [3.63, 3.8) is 0 Å². The summed E-state index contributed by atoms with van der Waals surface area (Å²) in [5, 5.41) is 9.35. The van der Waals surface area contributed by atoms with E-state index in [0.29, 0.717) is 0 Å². The number of allylic oxidation sites excluding steroid dienone is 1. The van der Waals surface area contributed by atoms with Crippen molar-refractivity contribution in [2.24, 2.45) is 0 Å².